The molecule has 16 heavy (non-hydrogen) atoms. The molecule has 0 bridgehead atoms. The van der Waals surface area contributed by atoms with E-state index in [1.807, 2.05) is 0 Å². The van der Waals surface area contributed by atoms with Crippen LogP contribution in [0.15, 0.2) is 0 Å². The number of methoxy groups -OCH3 is 1. The summed E-state index contributed by atoms with van der Waals surface area (Å²) in [6, 6.07) is 0. The van der Waals surface area contributed by atoms with Crippen molar-refractivity contribution in [2.75, 3.05) is 26.9 Å². The van der Waals surface area contributed by atoms with Crippen LogP contribution in [0.5, 0.6) is 0 Å². The van der Waals surface area contributed by atoms with Gasteiger partial charge in [-0.1, -0.05) is 26.2 Å². The molecule has 0 aliphatic rings. The minimum Gasteiger partial charge on any atom is -0.383 e. The Labute approximate surface area is 105 Å². The van der Waals surface area contributed by atoms with E-state index in [2.05, 4.69) is 6.92 Å². The number of halogens is 1. The van der Waals surface area contributed by atoms with Gasteiger partial charge in [0.05, 0.1) is 25.2 Å². The average Bonchev–Trinajstić information content (AvgIpc) is 2.26. The topological polar surface area (TPSA) is 44.8 Å². The molecule has 0 aromatic rings. The smallest absolute Gasteiger partial charge is 0.304 e. The predicted molar refractivity (Wildman–Crippen MR) is 65.7 cm³/mol. The molecule has 0 aromatic heterocycles. The maximum absolute atomic E-state index is 11.2. The molecule has 0 saturated carbocycles. The van der Waals surface area contributed by atoms with Gasteiger partial charge in [0.25, 0.3) is 0 Å². The highest BCUT2D eigenvalue weighted by atomic mass is 35.5. The van der Waals surface area contributed by atoms with Crippen molar-refractivity contribution in [1.82, 2.24) is 0 Å². The summed E-state index contributed by atoms with van der Waals surface area (Å²) in [6.07, 6.45) is 4.35. The largest absolute Gasteiger partial charge is 0.383 e. The van der Waals surface area contributed by atoms with Crippen molar-refractivity contribution in [2.24, 2.45) is 0 Å². The van der Waals surface area contributed by atoms with Crippen LogP contribution >= 0.6 is 11.6 Å². The third-order valence-corrected chi connectivity index (χ3v) is 2.81. The van der Waals surface area contributed by atoms with E-state index in [0.29, 0.717) is 13.2 Å². The normalized spacial score (nSPS) is 14.9. The maximum atomic E-state index is 11.2. The van der Waals surface area contributed by atoms with Crippen molar-refractivity contribution < 1.29 is 17.3 Å². The van der Waals surface area contributed by atoms with Gasteiger partial charge >= 0.3 is 11.4 Å². The van der Waals surface area contributed by atoms with Crippen LogP contribution < -0.4 is 0 Å². The minimum absolute atomic E-state index is 0.164. The van der Waals surface area contributed by atoms with E-state index in [9.17, 15) is 4.21 Å². The first kappa shape index (κ1) is 16.3. The van der Waals surface area contributed by atoms with Crippen LogP contribution in [0.25, 0.3) is 0 Å². The molecular formula is C10H21ClO4S. The van der Waals surface area contributed by atoms with E-state index in [0.717, 1.165) is 12.8 Å². The molecule has 4 nitrogen and oxygen atoms in total. The van der Waals surface area contributed by atoms with Crippen LogP contribution in [0, 0.1) is 0 Å². The molecule has 0 aliphatic heterocycles. The second-order valence-electron chi connectivity index (χ2n) is 3.42. The SMILES string of the molecule is CCCCCCO[S@@](=O)OC[C@H](Cl)COC. The van der Waals surface area contributed by atoms with Crippen LogP contribution in [0.2, 0.25) is 0 Å². The fraction of sp³-hybridized carbons (Fsp3) is 1.00. The first-order chi connectivity index (χ1) is 7.70. The van der Waals surface area contributed by atoms with E-state index in [1.165, 1.54) is 12.8 Å². The van der Waals surface area contributed by atoms with Gasteiger partial charge in [-0.25, -0.2) is 0 Å². The van der Waals surface area contributed by atoms with Gasteiger partial charge in [-0.15, -0.1) is 11.6 Å². The molecule has 0 fully saturated rings. The van der Waals surface area contributed by atoms with Crippen molar-refractivity contribution >= 4 is 23.0 Å². The molecule has 98 valence electrons. The van der Waals surface area contributed by atoms with Crippen molar-refractivity contribution in [1.29, 1.82) is 0 Å². The number of hydrogen-bond acceptors (Lipinski definition) is 4. The molecule has 0 unspecified atom stereocenters. The van der Waals surface area contributed by atoms with Gasteiger partial charge < -0.3 is 4.74 Å². The molecule has 0 saturated heterocycles. The Morgan fingerprint density at radius 2 is 1.94 bits per heavy atom. The highest BCUT2D eigenvalue weighted by Gasteiger charge is 2.08. The fourth-order valence-corrected chi connectivity index (χ4v) is 1.91. The van der Waals surface area contributed by atoms with Gasteiger partial charge in [0.1, 0.15) is 0 Å². The quantitative estimate of drug-likeness (QED) is 0.428. The molecule has 0 aliphatic carbocycles. The molecule has 0 radical (unpaired) electrons. The zero-order valence-corrected chi connectivity index (χ0v) is 11.5. The molecule has 6 heteroatoms. The Morgan fingerprint density at radius 1 is 1.19 bits per heavy atom. The lowest BCUT2D eigenvalue weighted by Gasteiger charge is -2.08. The van der Waals surface area contributed by atoms with Gasteiger partial charge in [0.15, 0.2) is 0 Å². The lowest BCUT2D eigenvalue weighted by atomic mass is 10.2. The lowest BCUT2D eigenvalue weighted by molar-refractivity contribution is 0.171. The third kappa shape index (κ3) is 10.8. The van der Waals surface area contributed by atoms with Crippen LogP contribution in [-0.2, 0) is 24.5 Å². The Kier molecular flexibility index (Phi) is 12.0. The average molecular weight is 273 g/mol. The molecule has 0 aromatic carbocycles. The minimum atomic E-state index is -1.69. The summed E-state index contributed by atoms with van der Waals surface area (Å²) in [5.74, 6) is 0. The molecular weight excluding hydrogens is 252 g/mol. The van der Waals surface area contributed by atoms with Crippen molar-refractivity contribution in [3.63, 3.8) is 0 Å². The second kappa shape index (κ2) is 11.8. The van der Waals surface area contributed by atoms with Crippen LogP contribution in [0.4, 0.5) is 0 Å². The Morgan fingerprint density at radius 3 is 2.56 bits per heavy atom. The van der Waals surface area contributed by atoms with E-state index in [1.54, 1.807) is 7.11 Å². The number of hydrogen-bond donors (Lipinski definition) is 0. The molecule has 0 amide bonds. The summed E-state index contributed by atoms with van der Waals surface area (Å²) < 4.78 is 25.8. The van der Waals surface area contributed by atoms with E-state index in [4.69, 9.17) is 24.7 Å². The van der Waals surface area contributed by atoms with Gasteiger partial charge in [-0.3, -0.25) is 8.37 Å². The Hall–Kier alpha value is 0.320. The monoisotopic (exact) mass is 272 g/mol. The number of alkyl halides is 1. The van der Waals surface area contributed by atoms with Gasteiger partial charge in [0, 0.05) is 7.11 Å². The molecule has 2 atom stereocenters. The standard InChI is InChI=1S/C10H21ClO4S/c1-3-4-5-6-7-14-16(12)15-9-10(11)8-13-2/h10H,3-9H2,1-2H3/t10-,16-/m1/s1. The molecule has 0 heterocycles. The van der Waals surface area contributed by atoms with E-state index in [-0.39, 0.29) is 12.0 Å². The summed E-state index contributed by atoms with van der Waals surface area (Å²) in [4.78, 5) is 0. The van der Waals surface area contributed by atoms with Gasteiger partial charge in [-0.05, 0) is 6.42 Å². The first-order valence-electron chi connectivity index (χ1n) is 5.52. The summed E-state index contributed by atoms with van der Waals surface area (Å²) in [6.45, 7) is 3.13. The van der Waals surface area contributed by atoms with Crippen molar-refractivity contribution in [3.8, 4) is 0 Å². The summed E-state index contributed by atoms with van der Waals surface area (Å²) >= 11 is 4.10. The lowest BCUT2D eigenvalue weighted by Crippen LogP contribution is -2.17. The first-order valence-corrected chi connectivity index (χ1v) is 6.95. The highest BCUT2D eigenvalue weighted by molar-refractivity contribution is 7.75. The number of ether oxygens (including phenoxy) is 1. The Bertz CT molecular complexity index is 180. The third-order valence-electron chi connectivity index (χ3n) is 1.87. The zero-order chi connectivity index (χ0) is 12.2. The fourth-order valence-electron chi connectivity index (χ4n) is 1.05. The predicted octanol–water partition coefficient (Wildman–Crippen LogP) is 2.43. The van der Waals surface area contributed by atoms with Crippen LogP contribution in [0.1, 0.15) is 32.6 Å². The van der Waals surface area contributed by atoms with Crippen LogP contribution in [0.3, 0.4) is 0 Å². The van der Waals surface area contributed by atoms with Crippen LogP contribution in [-0.4, -0.2) is 36.5 Å². The molecule has 0 rings (SSSR count). The van der Waals surface area contributed by atoms with Gasteiger partial charge in [-0.2, -0.15) is 4.21 Å². The Balaban J connectivity index is 3.30. The molecule has 0 N–H and O–H groups in total. The van der Waals surface area contributed by atoms with Crippen molar-refractivity contribution in [2.45, 2.75) is 38.0 Å². The second-order valence-corrected chi connectivity index (χ2v) is 4.92. The number of rotatable bonds is 11. The maximum Gasteiger partial charge on any atom is 0.304 e. The summed E-state index contributed by atoms with van der Waals surface area (Å²) in [5.41, 5.74) is 0. The van der Waals surface area contributed by atoms with E-state index >= 15 is 0 Å². The van der Waals surface area contributed by atoms with E-state index < -0.39 is 11.4 Å². The number of unbranched alkanes of at least 4 members (excludes halogenated alkanes) is 3. The zero-order valence-electron chi connectivity index (χ0n) is 9.95. The highest BCUT2D eigenvalue weighted by Crippen LogP contribution is 2.02. The van der Waals surface area contributed by atoms with Gasteiger partial charge in [0.2, 0.25) is 0 Å². The van der Waals surface area contributed by atoms with Crippen molar-refractivity contribution in [3.05, 3.63) is 0 Å². The summed E-state index contributed by atoms with van der Waals surface area (Å²) in [5, 5.41) is -0.294. The molecule has 0 spiro atoms. The summed E-state index contributed by atoms with van der Waals surface area (Å²) in [7, 11) is 1.55.